The number of rotatable bonds is 4. The second kappa shape index (κ2) is 5.69. The van der Waals surface area contributed by atoms with Gasteiger partial charge in [0.1, 0.15) is 5.75 Å². The molecule has 0 aliphatic heterocycles. The summed E-state index contributed by atoms with van der Waals surface area (Å²) in [5.74, 6) is 0.877. The summed E-state index contributed by atoms with van der Waals surface area (Å²) < 4.78 is 5.31. The van der Waals surface area contributed by atoms with Crippen LogP contribution in [0.15, 0.2) is 48.8 Å². The minimum absolute atomic E-state index is 0.0833. The van der Waals surface area contributed by atoms with Crippen LogP contribution in [0.2, 0.25) is 0 Å². The fourth-order valence-corrected chi connectivity index (χ4v) is 2.04. The zero-order valence-corrected chi connectivity index (χ0v) is 10.4. The number of halogens is 1. The maximum atomic E-state index is 6.37. The Bertz CT molecular complexity index is 473. The minimum atomic E-state index is -0.0833. The molecule has 88 valence electrons. The molecule has 0 spiro atoms. The fourth-order valence-electron chi connectivity index (χ4n) is 1.74. The maximum Gasteiger partial charge on any atom is 0.122 e. The number of methoxy groups -OCH3 is 1. The van der Waals surface area contributed by atoms with Crippen LogP contribution < -0.4 is 4.74 Å². The van der Waals surface area contributed by atoms with Crippen molar-refractivity contribution in [1.82, 2.24) is 4.98 Å². The van der Waals surface area contributed by atoms with E-state index in [-0.39, 0.29) is 5.38 Å². The Morgan fingerprint density at radius 2 is 2.06 bits per heavy atom. The zero-order chi connectivity index (χ0) is 12.1. The number of pyridine rings is 1. The first-order chi connectivity index (χ1) is 8.31. The molecule has 0 saturated carbocycles. The number of hydrogen-bond acceptors (Lipinski definition) is 2. The van der Waals surface area contributed by atoms with E-state index >= 15 is 0 Å². The van der Waals surface area contributed by atoms with Gasteiger partial charge in [-0.3, -0.25) is 4.98 Å². The van der Waals surface area contributed by atoms with Crippen LogP contribution in [0.25, 0.3) is 0 Å². The van der Waals surface area contributed by atoms with E-state index in [0.717, 1.165) is 23.3 Å². The molecule has 0 radical (unpaired) electrons. The third-order valence-electron chi connectivity index (χ3n) is 2.64. The first kappa shape index (κ1) is 11.9. The molecule has 2 aromatic rings. The van der Waals surface area contributed by atoms with Crippen LogP contribution in [0.5, 0.6) is 5.75 Å². The fraction of sp³-hybridized carbons (Fsp3) is 0.214. The SMILES string of the molecule is COc1ccccc1CC(Cl)c1cccnc1. The molecule has 0 N–H and O–H groups in total. The summed E-state index contributed by atoms with van der Waals surface area (Å²) in [4.78, 5) is 4.07. The molecule has 2 rings (SSSR count). The molecule has 0 bridgehead atoms. The Morgan fingerprint density at radius 3 is 2.76 bits per heavy atom. The van der Waals surface area contributed by atoms with Crippen molar-refractivity contribution in [3.63, 3.8) is 0 Å². The molecule has 0 saturated heterocycles. The highest BCUT2D eigenvalue weighted by Crippen LogP contribution is 2.28. The van der Waals surface area contributed by atoms with E-state index in [4.69, 9.17) is 16.3 Å². The average molecular weight is 248 g/mol. The smallest absolute Gasteiger partial charge is 0.122 e. The highest BCUT2D eigenvalue weighted by Gasteiger charge is 2.11. The summed E-state index contributed by atoms with van der Waals surface area (Å²) in [7, 11) is 1.67. The van der Waals surface area contributed by atoms with Crippen LogP contribution in [0, 0.1) is 0 Å². The van der Waals surface area contributed by atoms with Gasteiger partial charge in [-0.2, -0.15) is 0 Å². The minimum Gasteiger partial charge on any atom is -0.496 e. The van der Waals surface area contributed by atoms with Crippen molar-refractivity contribution in [2.45, 2.75) is 11.8 Å². The van der Waals surface area contributed by atoms with Crippen molar-refractivity contribution in [3.8, 4) is 5.75 Å². The number of benzene rings is 1. The van der Waals surface area contributed by atoms with Crippen molar-refractivity contribution in [1.29, 1.82) is 0 Å². The third kappa shape index (κ3) is 2.98. The molecular weight excluding hydrogens is 234 g/mol. The largest absolute Gasteiger partial charge is 0.496 e. The molecular formula is C14H14ClNO. The molecule has 0 aliphatic carbocycles. The molecule has 0 aliphatic rings. The van der Waals surface area contributed by atoms with Crippen molar-refractivity contribution in [3.05, 3.63) is 59.9 Å². The molecule has 1 unspecified atom stereocenters. The first-order valence-corrected chi connectivity index (χ1v) is 5.91. The lowest BCUT2D eigenvalue weighted by atomic mass is 10.0. The third-order valence-corrected chi connectivity index (χ3v) is 3.04. The van der Waals surface area contributed by atoms with E-state index < -0.39 is 0 Å². The van der Waals surface area contributed by atoms with Crippen LogP contribution in [0.3, 0.4) is 0 Å². The Balaban J connectivity index is 2.16. The summed E-state index contributed by atoms with van der Waals surface area (Å²) in [6, 6.07) is 11.8. The van der Waals surface area contributed by atoms with Crippen LogP contribution in [0.1, 0.15) is 16.5 Å². The van der Waals surface area contributed by atoms with E-state index in [9.17, 15) is 0 Å². The van der Waals surface area contributed by atoms with Gasteiger partial charge in [0.15, 0.2) is 0 Å². The van der Waals surface area contributed by atoms with E-state index in [0.29, 0.717) is 0 Å². The lowest BCUT2D eigenvalue weighted by molar-refractivity contribution is 0.409. The average Bonchev–Trinajstić information content (AvgIpc) is 2.40. The van der Waals surface area contributed by atoms with E-state index in [1.807, 2.05) is 36.4 Å². The van der Waals surface area contributed by atoms with Gasteiger partial charge in [0, 0.05) is 12.4 Å². The van der Waals surface area contributed by atoms with Crippen LogP contribution in [-0.2, 0) is 6.42 Å². The molecule has 2 nitrogen and oxygen atoms in total. The van der Waals surface area contributed by atoms with Crippen molar-refractivity contribution < 1.29 is 4.74 Å². The van der Waals surface area contributed by atoms with E-state index in [1.165, 1.54) is 0 Å². The van der Waals surface area contributed by atoms with Gasteiger partial charge in [-0.25, -0.2) is 0 Å². The van der Waals surface area contributed by atoms with E-state index in [2.05, 4.69) is 4.98 Å². The quantitative estimate of drug-likeness (QED) is 0.770. The Morgan fingerprint density at radius 1 is 1.24 bits per heavy atom. The zero-order valence-electron chi connectivity index (χ0n) is 9.64. The number of aromatic nitrogens is 1. The molecule has 1 atom stereocenters. The van der Waals surface area contributed by atoms with Gasteiger partial charge in [0.2, 0.25) is 0 Å². The molecule has 1 aromatic carbocycles. The van der Waals surface area contributed by atoms with Crippen LogP contribution >= 0.6 is 11.6 Å². The molecule has 0 fully saturated rings. The molecule has 0 amide bonds. The number of para-hydroxylation sites is 1. The van der Waals surface area contributed by atoms with Gasteiger partial charge >= 0.3 is 0 Å². The Hall–Kier alpha value is -1.54. The Kier molecular flexibility index (Phi) is 3.99. The summed E-state index contributed by atoms with van der Waals surface area (Å²) in [5.41, 5.74) is 2.14. The first-order valence-electron chi connectivity index (χ1n) is 5.47. The van der Waals surface area contributed by atoms with Gasteiger partial charge in [0.05, 0.1) is 12.5 Å². The van der Waals surface area contributed by atoms with Gasteiger partial charge in [-0.1, -0.05) is 24.3 Å². The van der Waals surface area contributed by atoms with Gasteiger partial charge in [-0.05, 0) is 29.7 Å². The number of hydrogen-bond donors (Lipinski definition) is 0. The Labute approximate surface area is 106 Å². The monoisotopic (exact) mass is 247 g/mol. The lowest BCUT2D eigenvalue weighted by Gasteiger charge is -2.12. The van der Waals surface area contributed by atoms with Crippen molar-refractivity contribution in [2.24, 2.45) is 0 Å². The highest BCUT2D eigenvalue weighted by molar-refractivity contribution is 6.20. The molecule has 1 aromatic heterocycles. The van der Waals surface area contributed by atoms with Crippen LogP contribution in [-0.4, -0.2) is 12.1 Å². The van der Waals surface area contributed by atoms with Gasteiger partial charge < -0.3 is 4.74 Å². The topological polar surface area (TPSA) is 22.1 Å². The van der Waals surface area contributed by atoms with Gasteiger partial charge in [0.25, 0.3) is 0 Å². The van der Waals surface area contributed by atoms with Gasteiger partial charge in [-0.15, -0.1) is 11.6 Å². The van der Waals surface area contributed by atoms with E-state index in [1.54, 1.807) is 19.5 Å². The number of nitrogens with zero attached hydrogens (tertiary/aromatic N) is 1. The summed E-state index contributed by atoms with van der Waals surface area (Å²) >= 11 is 6.37. The molecule has 1 heterocycles. The second-order valence-electron chi connectivity index (χ2n) is 3.77. The molecule has 17 heavy (non-hydrogen) atoms. The summed E-state index contributed by atoms with van der Waals surface area (Å²) in [6.45, 7) is 0. The highest BCUT2D eigenvalue weighted by atomic mass is 35.5. The van der Waals surface area contributed by atoms with Crippen molar-refractivity contribution in [2.75, 3.05) is 7.11 Å². The van der Waals surface area contributed by atoms with Crippen molar-refractivity contribution >= 4 is 11.6 Å². The summed E-state index contributed by atoms with van der Waals surface area (Å²) in [6.07, 6.45) is 4.28. The number of alkyl halides is 1. The maximum absolute atomic E-state index is 6.37. The normalized spacial score (nSPS) is 12.1. The number of ether oxygens (including phenoxy) is 1. The predicted molar refractivity (Wildman–Crippen MR) is 69.5 cm³/mol. The lowest BCUT2D eigenvalue weighted by Crippen LogP contribution is -1.98. The standard InChI is InChI=1S/C14H14ClNO/c1-17-14-7-3-2-5-11(14)9-13(15)12-6-4-8-16-10-12/h2-8,10,13H,9H2,1H3. The predicted octanol–water partition coefficient (Wildman–Crippen LogP) is 3.61. The molecule has 3 heteroatoms. The summed E-state index contributed by atoms with van der Waals surface area (Å²) in [5, 5.41) is -0.0833. The van der Waals surface area contributed by atoms with Crippen LogP contribution in [0.4, 0.5) is 0 Å². The second-order valence-corrected chi connectivity index (χ2v) is 4.30.